The summed E-state index contributed by atoms with van der Waals surface area (Å²) in [6.07, 6.45) is 0. The molecule has 1 aromatic heterocycles. The van der Waals surface area contributed by atoms with Gasteiger partial charge in [0, 0.05) is 30.9 Å². The van der Waals surface area contributed by atoms with E-state index in [4.69, 9.17) is 0 Å². The van der Waals surface area contributed by atoms with Crippen molar-refractivity contribution in [3.8, 4) is 28.3 Å². The largest absolute Gasteiger partial charge is 0.502 e. The summed E-state index contributed by atoms with van der Waals surface area (Å²) < 4.78 is 0. The molecule has 1 amide bonds. The Morgan fingerprint density at radius 3 is 2.30 bits per heavy atom. The van der Waals surface area contributed by atoms with Gasteiger partial charge in [-0.15, -0.1) is 5.10 Å². The molecule has 30 heavy (non-hydrogen) atoms. The Balaban J connectivity index is 1.76. The van der Waals surface area contributed by atoms with Crippen molar-refractivity contribution in [2.45, 2.75) is 0 Å². The number of carbonyl (C=O) groups is 1. The van der Waals surface area contributed by atoms with Crippen molar-refractivity contribution >= 4 is 17.3 Å². The predicted octanol–water partition coefficient (Wildman–Crippen LogP) is 1.28. The fraction of sp³-hybridized carbons (Fsp3) is 0.100. The number of nitrogens with one attached hydrogen (secondary N) is 2. The topological polar surface area (TPSA) is 141 Å². The molecule has 0 saturated carbocycles. The first-order chi connectivity index (χ1) is 14.3. The van der Waals surface area contributed by atoms with Gasteiger partial charge >= 0.3 is 0 Å². The maximum absolute atomic E-state index is 12.1. The monoisotopic (exact) mass is 404 g/mol. The van der Waals surface area contributed by atoms with Crippen LogP contribution in [-0.4, -0.2) is 50.6 Å². The highest BCUT2D eigenvalue weighted by Gasteiger charge is 2.20. The van der Waals surface area contributed by atoms with Gasteiger partial charge in [-0.05, 0) is 51.9 Å². The molecule has 4 rings (SSSR count). The van der Waals surface area contributed by atoms with Crippen molar-refractivity contribution in [1.29, 1.82) is 0 Å². The first kappa shape index (κ1) is 19.0. The van der Waals surface area contributed by atoms with Crippen molar-refractivity contribution in [1.82, 2.24) is 25.5 Å². The summed E-state index contributed by atoms with van der Waals surface area (Å²) in [6, 6.07) is 12.3. The van der Waals surface area contributed by atoms with Crippen molar-refractivity contribution in [2.75, 3.05) is 19.4 Å². The van der Waals surface area contributed by atoms with E-state index >= 15 is 0 Å². The molecular weight excluding hydrogens is 388 g/mol. The number of carbonyl (C=O) groups excluding carboxylic acids is 1. The number of nitrogens with zero attached hydrogens (tertiary/aromatic N) is 4. The molecule has 0 spiro atoms. The van der Waals surface area contributed by atoms with Gasteiger partial charge in [-0.3, -0.25) is 14.4 Å². The van der Waals surface area contributed by atoms with Crippen LogP contribution in [0.25, 0.3) is 22.5 Å². The van der Waals surface area contributed by atoms with Gasteiger partial charge in [0.25, 0.3) is 16.8 Å². The number of anilines is 2. The number of aromatic nitrogens is 4. The number of aromatic hydroxyl groups is 1. The lowest BCUT2D eigenvalue weighted by Gasteiger charge is -2.13. The molecule has 0 aliphatic carbocycles. The third-order valence-corrected chi connectivity index (χ3v) is 4.58. The SMILES string of the molecule is CN(C)C(=O)c1ccc(-c2cc(Nc3c(O)c(=O)c3=O)cc(-c3nnn[nH]3)c2)cc1. The number of amides is 1. The van der Waals surface area contributed by atoms with Crippen LogP contribution in [0.4, 0.5) is 11.4 Å². The van der Waals surface area contributed by atoms with E-state index in [0.29, 0.717) is 22.6 Å². The lowest BCUT2D eigenvalue weighted by atomic mass is 10.00. The number of benzene rings is 2. The Kier molecular flexibility index (Phi) is 4.59. The lowest BCUT2D eigenvalue weighted by molar-refractivity contribution is 0.0827. The Hall–Kier alpha value is -4.34. The second-order valence-corrected chi connectivity index (χ2v) is 6.83. The molecule has 3 aromatic carbocycles. The average molecular weight is 404 g/mol. The van der Waals surface area contributed by atoms with Gasteiger partial charge in [0.2, 0.25) is 0 Å². The van der Waals surface area contributed by atoms with Crippen molar-refractivity contribution in [3.05, 3.63) is 68.5 Å². The summed E-state index contributed by atoms with van der Waals surface area (Å²) in [6.45, 7) is 0. The molecule has 0 bridgehead atoms. The minimum absolute atomic E-state index is 0.110. The maximum Gasteiger partial charge on any atom is 0.271 e. The first-order valence-electron chi connectivity index (χ1n) is 8.85. The highest BCUT2D eigenvalue weighted by Crippen LogP contribution is 2.31. The van der Waals surface area contributed by atoms with E-state index in [1.165, 1.54) is 4.90 Å². The Bertz CT molecular complexity index is 1300. The van der Waals surface area contributed by atoms with Crippen LogP contribution in [0.1, 0.15) is 10.4 Å². The third-order valence-electron chi connectivity index (χ3n) is 4.58. The van der Waals surface area contributed by atoms with Gasteiger partial charge in [0.1, 0.15) is 5.69 Å². The molecule has 0 unspecified atom stereocenters. The number of hydrogen-bond acceptors (Lipinski definition) is 8. The summed E-state index contributed by atoms with van der Waals surface area (Å²) in [5.41, 5.74) is 1.30. The molecule has 1 heterocycles. The van der Waals surface area contributed by atoms with Crippen LogP contribution in [0.2, 0.25) is 0 Å². The van der Waals surface area contributed by atoms with Gasteiger partial charge in [0.15, 0.2) is 11.6 Å². The van der Waals surface area contributed by atoms with Crippen LogP contribution in [0.5, 0.6) is 5.75 Å². The van der Waals surface area contributed by atoms with Gasteiger partial charge in [-0.25, -0.2) is 5.10 Å². The highest BCUT2D eigenvalue weighted by molar-refractivity contribution is 5.94. The molecule has 0 saturated heterocycles. The van der Waals surface area contributed by atoms with Gasteiger partial charge in [-0.1, -0.05) is 12.1 Å². The highest BCUT2D eigenvalue weighted by atomic mass is 16.3. The predicted molar refractivity (Wildman–Crippen MR) is 109 cm³/mol. The standard InChI is InChI=1S/C20H16N6O4/c1-26(2)20(30)11-5-3-10(4-6-11)12-7-13(19-22-24-25-23-19)9-14(8-12)21-15-16(27)18(29)17(15)28/h3-9,21,27H,1-2H3,(H,22,23,24,25). The second-order valence-electron chi connectivity index (χ2n) is 6.83. The summed E-state index contributed by atoms with van der Waals surface area (Å²) in [4.78, 5) is 36.6. The number of H-pyrrole nitrogens is 1. The number of rotatable bonds is 5. The van der Waals surface area contributed by atoms with E-state index in [1.54, 1.807) is 50.5 Å². The van der Waals surface area contributed by atoms with Crippen LogP contribution in [0.15, 0.2) is 52.1 Å². The lowest BCUT2D eigenvalue weighted by Crippen LogP contribution is -2.32. The fourth-order valence-electron chi connectivity index (χ4n) is 2.99. The molecule has 0 fully saturated rings. The van der Waals surface area contributed by atoms with E-state index in [0.717, 1.165) is 11.1 Å². The normalized spacial score (nSPS) is 10.9. The molecule has 4 aromatic rings. The molecular formula is C20H16N6O4. The summed E-state index contributed by atoms with van der Waals surface area (Å²) in [5, 5.41) is 26.1. The molecule has 0 aliphatic rings. The fourth-order valence-corrected chi connectivity index (χ4v) is 2.99. The third kappa shape index (κ3) is 3.30. The van der Waals surface area contributed by atoms with Gasteiger partial charge in [-0.2, -0.15) is 0 Å². The smallest absolute Gasteiger partial charge is 0.271 e. The second kappa shape index (κ2) is 7.24. The molecule has 10 heteroatoms. The van der Waals surface area contributed by atoms with Crippen LogP contribution < -0.4 is 16.2 Å². The minimum Gasteiger partial charge on any atom is -0.502 e. The molecule has 3 N–H and O–H groups in total. The summed E-state index contributed by atoms with van der Waals surface area (Å²) in [5.74, 6) is -0.311. The van der Waals surface area contributed by atoms with Crippen LogP contribution in [0, 0.1) is 0 Å². The zero-order chi connectivity index (χ0) is 21.4. The number of tetrazole rings is 1. The zero-order valence-electron chi connectivity index (χ0n) is 16.0. The van der Waals surface area contributed by atoms with Crippen LogP contribution in [0.3, 0.4) is 0 Å². The first-order valence-corrected chi connectivity index (χ1v) is 8.85. The van der Waals surface area contributed by atoms with E-state index in [9.17, 15) is 19.5 Å². The molecule has 150 valence electrons. The zero-order valence-corrected chi connectivity index (χ0v) is 16.0. The maximum atomic E-state index is 12.1. The van der Waals surface area contributed by atoms with Crippen LogP contribution in [-0.2, 0) is 0 Å². The molecule has 0 atom stereocenters. The van der Waals surface area contributed by atoms with E-state index in [-0.39, 0.29) is 11.6 Å². The van der Waals surface area contributed by atoms with E-state index in [1.807, 2.05) is 6.07 Å². The molecule has 10 nitrogen and oxygen atoms in total. The molecule has 0 aliphatic heterocycles. The van der Waals surface area contributed by atoms with Crippen molar-refractivity contribution < 1.29 is 9.90 Å². The van der Waals surface area contributed by atoms with Gasteiger partial charge in [0.05, 0.1) is 0 Å². The Morgan fingerprint density at radius 1 is 1.00 bits per heavy atom. The van der Waals surface area contributed by atoms with E-state index in [2.05, 4.69) is 25.9 Å². The quantitative estimate of drug-likeness (QED) is 0.423. The van der Waals surface area contributed by atoms with E-state index < -0.39 is 16.6 Å². The summed E-state index contributed by atoms with van der Waals surface area (Å²) >= 11 is 0. The summed E-state index contributed by atoms with van der Waals surface area (Å²) in [7, 11) is 3.36. The Labute approximate surface area is 169 Å². The number of aromatic amines is 1. The van der Waals surface area contributed by atoms with Crippen LogP contribution >= 0.6 is 0 Å². The van der Waals surface area contributed by atoms with Crippen molar-refractivity contribution in [3.63, 3.8) is 0 Å². The Morgan fingerprint density at radius 2 is 1.70 bits per heavy atom. The van der Waals surface area contributed by atoms with Gasteiger partial charge < -0.3 is 15.3 Å². The average Bonchev–Trinajstić information content (AvgIpc) is 3.31. The number of hydrogen-bond donors (Lipinski definition) is 3. The molecule has 0 radical (unpaired) electrons. The minimum atomic E-state index is -0.922. The van der Waals surface area contributed by atoms with Crippen molar-refractivity contribution in [2.24, 2.45) is 0 Å².